The van der Waals surface area contributed by atoms with Crippen molar-refractivity contribution in [3.63, 3.8) is 0 Å². The molecule has 0 spiro atoms. The van der Waals surface area contributed by atoms with Crippen molar-refractivity contribution < 1.29 is 19.5 Å². The molecule has 0 saturated carbocycles. The Kier molecular flexibility index (Phi) is 4.93. The smallest absolute Gasteiger partial charge is 0.323 e. The number of carbonyl (C=O) groups is 3. The summed E-state index contributed by atoms with van der Waals surface area (Å²) in [5, 5.41) is 9.51. The fraction of sp³-hybridized carbons (Fsp3) is 0.357. The Labute approximate surface area is 137 Å². The molecule has 118 valence electrons. The number of hydrogen-bond donors (Lipinski definition) is 1. The molecule has 6 nitrogen and oxygen atoms in total. The zero-order chi connectivity index (χ0) is 16.4. The van der Waals surface area contributed by atoms with Crippen molar-refractivity contribution in [3.05, 3.63) is 28.2 Å². The van der Waals surface area contributed by atoms with Crippen LogP contribution in [-0.2, 0) is 14.4 Å². The molecule has 1 fully saturated rings. The Morgan fingerprint density at radius 2 is 1.91 bits per heavy atom. The van der Waals surface area contributed by atoms with E-state index in [9.17, 15) is 14.4 Å². The largest absolute Gasteiger partial charge is 0.480 e. The van der Waals surface area contributed by atoms with E-state index in [1.165, 1.54) is 11.9 Å². The number of hydrogen-bond acceptors (Lipinski definition) is 3. The normalized spacial score (nSPS) is 17.7. The SMILES string of the molecule is CN(CC(=O)O)C(=O)C1CC(=O)N(c2cc(Cl)cc(Cl)c2)C1. The van der Waals surface area contributed by atoms with E-state index in [4.69, 9.17) is 28.3 Å². The van der Waals surface area contributed by atoms with Crippen LogP contribution in [0, 0.1) is 5.92 Å². The standard InChI is InChI=1S/C14H14Cl2N2O4/c1-17(7-13(20)21)14(22)8-2-12(19)18(6-8)11-4-9(15)3-10(16)5-11/h3-5,8H,2,6-7H2,1H3,(H,20,21). The van der Waals surface area contributed by atoms with Gasteiger partial charge in [-0.1, -0.05) is 23.2 Å². The number of carbonyl (C=O) groups excluding carboxylic acids is 2. The van der Waals surface area contributed by atoms with Gasteiger partial charge in [0.05, 0.1) is 5.92 Å². The minimum Gasteiger partial charge on any atom is -0.480 e. The van der Waals surface area contributed by atoms with Crippen LogP contribution in [0.25, 0.3) is 0 Å². The first-order chi connectivity index (χ1) is 10.3. The number of carboxylic acids is 1. The van der Waals surface area contributed by atoms with Crippen LogP contribution in [0.5, 0.6) is 0 Å². The van der Waals surface area contributed by atoms with Crippen LogP contribution in [0.1, 0.15) is 6.42 Å². The van der Waals surface area contributed by atoms with Gasteiger partial charge in [0.1, 0.15) is 6.54 Å². The average molecular weight is 345 g/mol. The van der Waals surface area contributed by atoms with E-state index in [1.807, 2.05) is 0 Å². The number of halogens is 2. The molecule has 1 aromatic rings. The van der Waals surface area contributed by atoms with E-state index in [2.05, 4.69) is 0 Å². The number of nitrogens with zero attached hydrogens (tertiary/aromatic N) is 2. The highest BCUT2D eigenvalue weighted by Crippen LogP contribution is 2.30. The minimum absolute atomic E-state index is 0.0346. The van der Waals surface area contributed by atoms with Gasteiger partial charge in [0, 0.05) is 35.7 Å². The summed E-state index contributed by atoms with van der Waals surface area (Å²) >= 11 is 11.8. The van der Waals surface area contributed by atoms with E-state index in [-0.39, 0.29) is 24.8 Å². The third-order valence-corrected chi connectivity index (χ3v) is 3.82. The summed E-state index contributed by atoms with van der Waals surface area (Å²) < 4.78 is 0. The van der Waals surface area contributed by atoms with E-state index < -0.39 is 18.4 Å². The van der Waals surface area contributed by atoms with Crippen LogP contribution < -0.4 is 4.90 Å². The van der Waals surface area contributed by atoms with E-state index >= 15 is 0 Å². The van der Waals surface area contributed by atoms with Crippen LogP contribution in [-0.4, -0.2) is 47.9 Å². The maximum absolute atomic E-state index is 12.2. The lowest BCUT2D eigenvalue weighted by molar-refractivity contribution is -0.145. The number of rotatable bonds is 4. The molecule has 2 amide bonds. The lowest BCUT2D eigenvalue weighted by Crippen LogP contribution is -2.37. The highest BCUT2D eigenvalue weighted by molar-refractivity contribution is 6.35. The van der Waals surface area contributed by atoms with Crippen molar-refractivity contribution in [2.75, 3.05) is 25.0 Å². The molecule has 1 atom stereocenters. The van der Waals surface area contributed by atoms with E-state index in [1.54, 1.807) is 18.2 Å². The van der Waals surface area contributed by atoms with E-state index in [0.29, 0.717) is 15.7 Å². The second-order valence-corrected chi connectivity index (χ2v) is 5.99. The van der Waals surface area contributed by atoms with Crippen LogP contribution >= 0.6 is 23.2 Å². The molecular formula is C14H14Cl2N2O4. The Morgan fingerprint density at radius 1 is 1.32 bits per heavy atom. The Hall–Kier alpha value is -1.79. The predicted octanol–water partition coefficient (Wildman–Crippen LogP) is 1.89. The molecule has 1 N–H and O–H groups in total. The van der Waals surface area contributed by atoms with Crippen molar-refractivity contribution in [1.82, 2.24) is 4.90 Å². The maximum atomic E-state index is 12.2. The third-order valence-electron chi connectivity index (χ3n) is 3.38. The highest BCUT2D eigenvalue weighted by atomic mass is 35.5. The zero-order valence-corrected chi connectivity index (χ0v) is 13.3. The second kappa shape index (κ2) is 6.54. The van der Waals surface area contributed by atoms with Gasteiger partial charge >= 0.3 is 5.97 Å². The molecule has 0 aliphatic carbocycles. The summed E-state index contributed by atoms with van der Waals surface area (Å²) in [6.45, 7) is -0.217. The van der Waals surface area contributed by atoms with Crippen LogP contribution in [0.15, 0.2) is 18.2 Å². The molecule has 0 bridgehead atoms. The van der Waals surface area contributed by atoms with Gasteiger partial charge in [-0.15, -0.1) is 0 Å². The van der Waals surface area contributed by atoms with Crippen molar-refractivity contribution in [1.29, 1.82) is 0 Å². The first kappa shape index (κ1) is 16.6. The summed E-state index contributed by atoms with van der Waals surface area (Å²) in [4.78, 5) is 37.5. The lowest BCUT2D eigenvalue weighted by Gasteiger charge is -2.20. The lowest BCUT2D eigenvalue weighted by atomic mass is 10.1. The molecule has 0 aromatic heterocycles. The number of amides is 2. The van der Waals surface area contributed by atoms with Gasteiger partial charge in [-0.25, -0.2) is 0 Å². The molecule has 1 aromatic carbocycles. The van der Waals surface area contributed by atoms with Gasteiger partial charge in [-0.3, -0.25) is 14.4 Å². The van der Waals surface area contributed by atoms with Crippen molar-refractivity contribution in [3.8, 4) is 0 Å². The van der Waals surface area contributed by atoms with Crippen LogP contribution in [0.4, 0.5) is 5.69 Å². The van der Waals surface area contributed by atoms with E-state index in [0.717, 1.165) is 4.90 Å². The molecule has 1 aliphatic heterocycles. The molecule has 1 unspecified atom stereocenters. The summed E-state index contributed by atoms with van der Waals surface area (Å²) in [7, 11) is 1.40. The van der Waals surface area contributed by atoms with Gasteiger partial charge in [0.2, 0.25) is 11.8 Å². The number of benzene rings is 1. The van der Waals surface area contributed by atoms with Gasteiger partial charge in [-0.05, 0) is 18.2 Å². The predicted molar refractivity (Wildman–Crippen MR) is 82.2 cm³/mol. The summed E-state index contributed by atoms with van der Waals surface area (Å²) in [5.41, 5.74) is 0.527. The average Bonchev–Trinajstić information content (AvgIpc) is 2.78. The Bertz CT molecular complexity index is 615. The fourth-order valence-corrected chi connectivity index (χ4v) is 2.92. The maximum Gasteiger partial charge on any atom is 0.323 e. The summed E-state index contributed by atoms with van der Waals surface area (Å²) in [5.74, 6) is -2.26. The summed E-state index contributed by atoms with van der Waals surface area (Å²) in [6, 6.07) is 4.74. The third kappa shape index (κ3) is 3.69. The summed E-state index contributed by atoms with van der Waals surface area (Å²) in [6.07, 6.45) is 0.0346. The van der Waals surface area contributed by atoms with Crippen LogP contribution in [0.3, 0.4) is 0 Å². The monoisotopic (exact) mass is 344 g/mol. The molecule has 8 heteroatoms. The molecule has 2 rings (SSSR count). The van der Waals surface area contributed by atoms with Gasteiger partial charge in [0.15, 0.2) is 0 Å². The molecule has 22 heavy (non-hydrogen) atoms. The van der Waals surface area contributed by atoms with Crippen molar-refractivity contribution in [2.24, 2.45) is 5.92 Å². The molecular weight excluding hydrogens is 331 g/mol. The number of likely N-dealkylation sites (N-methyl/N-ethyl adjacent to an activating group) is 1. The molecule has 1 saturated heterocycles. The van der Waals surface area contributed by atoms with Gasteiger partial charge < -0.3 is 14.9 Å². The minimum atomic E-state index is -1.10. The highest BCUT2D eigenvalue weighted by Gasteiger charge is 2.36. The Morgan fingerprint density at radius 3 is 2.45 bits per heavy atom. The first-order valence-corrected chi connectivity index (χ1v) is 7.26. The molecule has 0 radical (unpaired) electrons. The topological polar surface area (TPSA) is 77.9 Å². The second-order valence-electron chi connectivity index (χ2n) is 5.12. The molecule has 1 heterocycles. The number of aliphatic carboxylic acids is 1. The van der Waals surface area contributed by atoms with Crippen molar-refractivity contribution >= 4 is 46.7 Å². The van der Waals surface area contributed by atoms with Crippen molar-refractivity contribution in [2.45, 2.75) is 6.42 Å². The fourth-order valence-electron chi connectivity index (χ4n) is 2.41. The Balaban J connectivity index is 2.13. The van der Waals surface area contributed by atoms with Crippen LogP contribution in [0.2, 0.25) is 10.0 Å². The van der Waals surface area contributed by atoms with Gasteiger partial charge in [0.25, 0.3) is 0 Å². The number of carboxylic acid groups (broad SMARTS) is 1. The van der Waals surface area contributed by atoms with Gasteiger partial charge in [-0.2, -0.15) is 0 Å². The first-order valence-electron chi connectivity index (χ1n) is 6.51. The zero-order valence-electron chi connectivity index (χ0n) is 11.8. The number of anilines is 1. The quantitative estimate of drug-likeness (QED) is 0.904. The molecule has 1 aliphatic rings.